The Morgan fingerprint density at radius 2 is 2.23 bits per heavy atom. The van der Waals surface area contributed by atoms with Crippen molar-refractivity contribution in [2.45, 2.75) is 32.6 Å². The lowest BCUT2D eigenvalue weighted by Gasteiger charge is -2.11. The van der Waals surface area contributed by atoms with Crippen molar-refractivity contribution in [1.82, 2.24) is 9.97 Å². The average molecular weight is 312 g/mol. The standard InChI is InChI=1S/C16H16N4OS/c1-10-18-15(20-17-9-11-5-4-8-21-11)14-12-6-2-3-7-13(12)22-16(14)19-10/h4-5,8-9H,2-3,6-7H2,1H3,(H,18,19,20)/b17-9-. The summed E-state index contributed by atoms with van der Waals surface area (Å²) in [6.07, 6.45) is 8.06. The fourth-order valence-electron chi connectivity index (χ4n) is 2.87. The molecule has 112 valence electrons. The number of aromatic nitrogens is 2. The Balaban J connectivity index is 1.74. The van der Waals surface area contributed by atoms with E-state index in [1.165, 1.54) is 23.3 Å². The fourth-order valence-corrected chi connectivity index (χ4v) is 4.17. The molecule has 3 aromatic heterocycles. The van der Waals surface area contributed by atoms with Crippen LogP contribution in [0.25, 0.3) is 10.2 Å². The number of rotatable bonds is 3. The normalized spacial score (nSPS) is 14.6. The summed E-state index contributed by atoms with van der Waals surface area (Å²) in [6.45, 7) is 1.92. The number of nitrogens with zero attached hydrogens (tertiary/aromatic N) is 3. The maximum atomic E-state index is 5.24. The van der Waals surface area contributed by atoms with Gasteiger partial charge >= 0.3 is 0 Å². The lowest BCUT2D eigenvalue weighted by atomic mass is 9.97. The van der Waals surface area contributed by atoms with Gasteiger partial charge in [-0.2, -0.15) is 5.10 Å². The lowest BCUT2D eigenvalue weighted by molar-refractivity contribution is 0.560. The van der Waals surface area contributed by atoms with Crippen molar-refractivity contribution in [1.29, 1.82) is 0 Å². The molecule has 0 aromatic carbocycles. The van der Waals surface area contributed by atoms with Gasteiger partial charge in [-0.1, -0.05) is 0 Å². The Morgan fingerprint density at radius 3 is 3.09 bits per heavy atom. The first-order valence-electron chi connectivity index (χ1n) is 7.43. The number of fused-ring (bicyclic) bond motifs is 3. The molecule has 0 spiro atoms. The molecule has 0 atom stereocenters. The highest BCUT2D eigenvalue weighted by Gasteiger charge is 2.20. The Hall–Kier alpha value is -2.21. The van der Waals surface area contributed by atoms with E-state index in [9.17, 15) is 0 Å². The summed E-state index contributed by atoms with van der Waals surface area (Å²) in [5.74, 6) is 2.27. The number of hydrazone groups is 1. The zero-order chi connectivity index (χ0) is 14.9. The molecule has 0 radical (unpaired) electrons. The number of anilines is 1. The third-order valence-electron chi connectivity index (χ3n) is 3.83. The number of nitrogens with one attached hydrogen (secondary N) is 1. The summed E-state index contributed by atoms with van der Waals surface area (Å²) in [6, 6.07) is 3.70. The van der Waals surface area contributed by atoms with E-state index in [-0.39, 0.29) is 0 Å². The molecule has 22 heavy (non-hydrogen) atoms. The lowest BCUT2D eigenvalue weighted by Crippen LogP contribution is -2.02. The van der Waals surface area contributed by atoms with E-state index in [4.69, 9.17) is 4.42 Å². The second-order valence-electron chi connectivity index (χ2n) is 5.40. The predicted molar refractivity (Wildman–Crippen MR) is 88.7 cm³/mol. The average Bonchev–Trinajstić information content (AvgIpc) is 3.13. The van der Waals surface area contributed by atoms with E-state index in [0.717, 1.165) is 34.7 Å². The maximum Gasteiger partial charge on any atom is 0.158 e. The van der Waals surface area contributed by atoms with E-state index in [1.54, 1.807) is 23.8 Å². The first-order valence-corrected chi connectivity index (χ1v) is 8.24. The van der Waals surface area contributed by atoms with Crippen molar-refractivity contribution in [2.75, 3.05) is 5.43 Å². The van der Waals surface area contributed by atoms with Crippen LogP contribution >= 0.6 is 11.3 Å². The van der Waals surface area contributed by atoms with Gasteiger partial charge in [-0.3, -0.25) is 5.43 Å². The van der Waals surface area contributed by atoms with Gasteiger partial charge in [0.25, 0.3) is 0 Å². The molecular weight excluding hydrogens is 296 g/mol. The van der Waals surface area contributed by atoms with Crippen molar-refractivity contribution in [2.24, 2.45) is 5.10 Å². The first kappa shape index (κ1) is 13.5. The van der Waals surface area contributed by atoms with Crippen LogP contribution in [-0.4, -0.2) is 16.2 Å². The number of thiophene rings is 1. The molecule has 0 bridgehead atoms. The topological polar surface area (TPSA) is 63.3 Å². The zero-order valence-electron chi connectivity index (χ0n) is 12.3. The Kier molecular flexibility index (Phi) is 3.38. The molecular formula is C16H16N4OS. The van der Waals surface area contributed by atoms with E-state index in [1.807, 2.05) is 19.1 Å². The Labute approximate surface area is 132 Å². The number of aryl methyl sites for hydroxylation is 3. The molecule has 0 fully saturated rings. The van der Waals surface area contributed by atoms with Crippen molar-refractivity contribution in [3.63, 3.8) is 0 Å². The van der Waals surface area contributed by atoms with Gasteiger partial charge in [0.15, 0.2) is 5.82 Å². The van der Waals surface area contributed by atoms with Gasteiger partial charge in [0.2, 0.25) is 0 Å². The SMILES string of the molecule is Cc1nc(N/N=C\c2ccco2)c2c3c(sc2n1)CCCC3. The van der Waals surface area contributed by atoms with Crippen molar-refractivity contribution < 1.29 is 4.42 Å². The van der Waals surface area contributed by atoms with Crippen LogP contribution in [0, 0.1) is 6.92 Å². The molecule has 0 saturated heterocycles. The zero-order valence-corrected chi connectivity index (χ0v) is 13.1. The van der Waals surface area contributed by atoms with Crippen LogP contribution in [0.4, 0.5) is 5.82 Å². The number of furan rings is 1. The van der Waals surface area contributed by atoms with Gasteiger partial charge in [0.05, 0.1) is 17.9 Å². The third-order valence-corrected chi connectivity index (χ3v) is 5.02. The molecule has 0 aliphatic heterocycles. The summed E-state index contributed by atoms with van der Waals surface area (Å²) < 4.78 is 5.24. The summed E-state index contributed by atoms with van der Waals surface area (Å²) >= 11 is 1.80. The summed E-state index contributed by atoms with van der Waals surface area (Å²) in [7, 11) is 0. The second kappa shape index (κ2) is 5.53. The minimum Gasteiger partial charge on any atom is -0.463 e. The van der Waals surface area contributed by atoms with Gasteiger partial charge in [-0.15, -0.1) is 11.3 Å². The molecule has 1 aliphatic rings. The second-order valence-corrected chi connectivity index (χ2v) is 6.48. The fraction of sp³-hybridized carbons (Fsp3) is 0.312. The van der Waals surface area contributed by atoms with Crippen LogP contribution in [0.3, 0.4) is 0 Å². The largest absolute Gasteiger partial charge is 0.463 e. The highest BCUT2D eigenvalue weighted by molar-refractivity contribution is 7.19. The summed E-state index contributed by atoms with van der Waals surface area (Å²) in [4.78, 5) is 11.7. The highest BCUT2D eigenvalue weighted by Crippen LogP contribution is 2.38. The molecule has 4 rings (SSSR count). The van der Waals surface area contributed by atoms with Crippen LogP contribution in [0.2, 0.25) is 0 Å². The van der Waals surface area contributed by atoms with Crippen LogP contribution in [0.5, 0.6) is 0 Å². The number of hydrogen-bond donors (Lipinski definition) is 1. The summed E-state index contributed by atoms with van der Waals surface area (Å²) in [5, 5.41) is 5.39. The van der Waals surface area contributed by atoms with Gasteiger partial charge < -0.3 is 4.42 Å². The molecule has 3 aromatic rings. The van der Waals surface area contributed by atoms with Gasteiger partial charge in [-0.25, -0.2) is 9.97 Å². The third kappa shape index (κ3) is 2.39. The van der Waals surface area contributed by atoms with E-state index in [0.29, 0.717) is 5.76 Å². The van der Waals surface area contributed by atoms with Gasteiger partial charge in [0.1, 0.15) is 16.4 Å². The van der Waals surface area contributed by atoms with Crippen molar-refractivity contribution in [3.05, 3.63) is 40.4 Å². The van der Waals surface area contributed by atoms with Crippen molar-refractivity contribution >= 4 is 33.6 Å². The Bertz CT molecular complexity index is 836. The molecule has 3 heterocycles. The molecule has 0 saturated carbocycles. The maximum absolute atomic E-state index is 5.24. The first-order chi connectivity index (χ1) is 10.8. The predicted octanol–water partition coefficient (Wildman–Crippen LogP) is 3.92. The molecule has 1 N–H and O–H groups in total. The van der Waals surface area contributed by atoms with Crippen LogP contribution in [0.1, 0.15) is 34.9 Å². The van der Waals surface area contributed by atoms with Crippen LogP contribution in [-0.2, 0) is 12.8 Å². The van der Waals surface area contributed by atoms with Crippen molar-refractivity contribution in [3.8, 4) is 0 Å². The molecule has 5 nitrogen and oxygen atoms in total. The molecule has 6 heteroatoms. The quantitative estimate of drug-likeness (QED) is 0.588. The van der Waals surface area contributed by atoms with E-state index >= 15 is 0 Å². The van der Waals surface area contributed by atoms with Crippen LogP contribution in [0.15, 0.2) is 27.9 Å². The Morgan fingerprint density at radius 1 is 1.32 bits per heavy atom. The summed E-state index contributed by atoms with van der Waals surface area (Å²) in [5.41, 5.74) is 4.47. The van der Waals surface area contributed by atoms with Gasteiger partial charge in [0, 0.05) is 4.88 Å². The van der Waals surface area contributed by atoms with E-state index in [2.05, 4.69) is 20.5 Å². The smallest absolute Gasteiger partial charge is 0.158 e. The monoisotopic (exact) mass is 312 g/mol. The van der Waals surface area contributed by atoms with E-state index < -0.39 is 0 Å². The van der Waals surface area contributed by atoms with Gasteiger partial charge in [-0.05, 0) is 50.3 Å². The molecule has 1 aliphatic carbocycles. The minimum absolute atomic E-state index is 0.710. The minimum atomic E-state index is 0.710. The van der Waals surface area contributed by atoms with Crippen LogP contribution < -0.4 is 5.43 Å². The molecule has 0 unspecified atom stereocenters. The number of hydrogen-bond acceptors (Lipinski definition) is 6. The highest BCUT2D eigenvalue weighted by atomic mass is 32.1. The molecule has 0 amide bonds.